The van der Waals surface area contributed by atoms with Crippen LogP contribution in [0.15, 0.2) is 53.6 Å². The monoisotopic (exact) mass is 456 g/mol. The second-order valence-corrected chi connectivity index (χ2v) is 8.91. The Hall–Kier alpha value is -4.00. The van der Waals surface area contributed by atoms with Crippen LogP contribution in [0, 0.1) is 0 Å². The number of hydrogen-bond donors (Lipinski definition) is 3. The first-order valence-electron chi connectivity index (χ1n) is 9.42. The lowest BCUT2D eigenvalue weighted by Crippen LogP contribution is -2.48. The van der Waals surface area contributed by atoms with Crippen LogP contribution in [0.4, 0.5) is 5.69 Å². The highest BCUT2D eigenvalue weighted by Crippen LogP contribution is 2.30. The van der Waals surface area contributed by atoms with Crippen LogP contribution in [0.25, 0.3) is 5.95 Å². The Labute approximate surface area is 183 Å². The number of nitrogens with two attached hydrogens (primary N) is 1. The molecule has 0 atom stereocenters. The summed E-state index contributed by atoms with van der Waals surface area (Å²) in [6, 6.07) is 6.32. The van der Waals surface area contributed by atoms with Crippen molar-refractivity contribution in [2.45, 2.75) is 19.4 Å². The second-order valence-electron chi connectivity index (χ2n) is 7.57. The number of imidazole rings is 1. The van der Waals surface area contributed by atoms with E-state index >= 15 is 0 Å². The van der Waals surface area contributed by atoms with Crippen LogP contribution in [0.1, 0.15) is 29.9 Å². The van der Waals surface area contributed by atoms with E-state index < -0.39 is 21.7 Å². The van der Waals surface area contributed by atoms with Crippen LogP contribution in [0.5, 0.6) is 5.75 Å². The Morgan fingerprint density at radius 2 is 2.09 bits per heavy atom. The highest BCUT2D eigenvalue weighted by atomic mass is 32.2. The summed E-state index contributed by atoms with van der Waals surface area (Å²) in [4.78, 5) is 25.1. The number of aromatic nitrogens is 4. The molecule has 32 heavy (non-hydrogen) atoms. The molecule has 0 spiro atoms. The van der Waals surface area contributed by atoms with Crippen molar-refractivity contribution in [1.29, 1.82) is 0 Å². The molecule has 1 amide bonds. The third kappa shape index (κ3) is 4.51. The molecule has 1 aliphatic rings. The molecule has 2 aromatic heterocycles. The maximum Gasteiger partial charge on any atom is 0.344 e. The van der Waals surface area contributed by atoms with Crippen LogP contribution >= 0.6 is 0 Å². The number of hydrogen-bond acceptors (Lipinski definition) is 8. The fourth-order valence-corrected chi connectivity index (χ4v) is 3.82. The average molecular weight is 456 g/mol. The molecule has 4 rings (SSSR count). The van der Waals surface area contributed by atoms with Gasteiger partial charge in [-0.15, -0.1) is 4.40 Å². The lowest BCUT2D eigenvalue weighted by molar-refractivity contribution is 0.0875. The Bertz CT molecular complexity index is 1300. The van der Waals surface area contributed by atoms with E-state index in [1.807, 2.05) is 0 Å². The molecule has 3 aromatic rings. The van der Waals surface area contributed by atoms with Crippen molar-refractivity contribution < 1.29 is 17.9 Å². The number of fused-ring (bicyclic) bond motifs is 1. The molecule has 1 aliphatic heterocycles. The van der Waals surface area contributed by atoms with Gasteiger partial charge in [0, 0.05) is 18.6 Å². The van der Waals surface area contributed by atoms with Gasteiger partial charge in [0.15, 0.2) is 5.84 Å². The molecule has 4 N–H and O–H groups in total. The zero-order valence-electron chi connectivity index (χ0n) is 17.2. The molecule has 3 heterocycles. The third-order valence-electron chi connectivity index (χ3n) is 4.39. The predicted octanol–water partition coefficient (Wildman–Crippen LogP) is 0.625. The van der Waals surface area contributed by atoms with Gasteiger partial charge in [-0.1, -0.05) is 6.07 Å². The largest absolute Gasteiger partial charge is 0.490 e. The minimum atomic E-state index is -3.89. The number of nitrogens with zero attached hydrogens (tertiary/aromatic N) is 5. The van der Waals surface area contributed by atoms with Gasteiger partial charge in [-0.25, -0.2) is 15.0 Å². The van der Waals surface area contributed by atoms with Crippen molar-refractivity contribution in [1.82, 2.24) is 24.8 Å². The summed E-state index contributed by atoms with van der Waals surface area (Å²) in [6.45, 7) is 3.62. The van der Waals surface area contributed by atoms with Gasteiger partial charge in [0.2, 0.25) is 5.95 Å². The van der Waals surface area contributed by atoms with Crippen molar-refractivity contribution in [3.8, 4) is 11.7 Å². The molecule has 166 valence electrons. The average Bonchev–Trinajstić information content (AvgIpc) is 3.26. The Kier molecular flexibility index (Phi) is 5.26. The van der Waals surface area contributed by atoms with Gasteiger partial charge < -0.3 is 15.8 Å². The van der Waals surface area contributed by atoms with Gasteiger partial charge in [-0.2, -0.15) is 8.42 Å². The van der Waals surface area contributed by atoms with E-state index in [2.05, 4.69) is 29.4 Å². The van der Waals surface area contributed by atoms with Gasteiger partial charge in [0.1, 0.15) is 24.4 Å². The van der Waals surface area contributed by atoms with Crippen LogP contribution in [0.2, 0.25) is 0 Å². The van der Waals surface area contributed by atoms with Crippen LogP contribution in [-0.4, -0.2) is 51.8 Å². The quantitative estimate of drug-likeness (QED) is 0.485. The standard InChI is InChI=1S/C19H20N8O4S/c1-19(2,24-17(28)13-6-7-22-18(23-13)27-9-8-21-11-27)10-31-14-5-3-4-12-15(14)16(20)26-32(29,30)25-12/h3-9,11,25H,10H2,1-2H3,(H2,20,26)(H,24,28). The molecule has 0 aliphatic carbocycles. The SMILES string of the molecule is CC(C)(COc1cccc2c1C(N)=NS(=O)(=O)N2)NC(=O)c1ccnc(-n2ccnc2)n1. The van der Waals surface area contributed by atoms with E-state index in [1.165, 1.54) is 18.6 Å². The lowest BCUT2D eigenvalue weighted by atomic mass is 10.1. The minimum absolute atomic E-state index is 0.0642. The third-order valence-corrected chi connectivity index (χ3v) is 5.31. The van der Waals surface area contributed by atoms with Crippen molar-refractivity contribution in [3.63, 3.8) is 0 Å². The maximum absolute atomic E-state index is 12.8. The van der Waals surface area contributed by atoms with Gasteiger partial charge in [-0.3, -0.25) is 14.1 Å². The molecule has 0 saturated heterocycles. The molecule has 0 fully saturated rings. The number of ether oxygens (including phenoxy) is 1. The van der Waals surface area contributed by atoms with E-state index in [4.69, 9.17) is 10.5 Å². The molecular weight excluding hydrogens is 436 g/mol. The Morgan fingerprint density at radius 3 is 2.84 bits per heavy atom. The molecule has 0 bridgehead atoms. The molecular formula is C19H20N8O4S. The number of amides is 1. The summed E-state index contributed by atoms with van der Waals surface area (Å²) < 4.78 is 36.7. The Balaban J connectivity index is 1.47. The Morgan fingerprint density at radius 1 is 1.28 bits per heavy atom. The van der Waals surface area contributed by atoms with Crippen LogP contribution in [-0.2, 0) is 10.2 Å². The molecule has 0 unspecified atom stereocenters. The minimum Gasteiger partial charge on any atom is -0.490 e. The zero-order chi connectivity index (χ0) is 22.9. The predicted molar refractivity (Wildman–Crippen MR) is 116 cm³/mol. The summed E-state index contributed by atoms with van der Waals surface area (Å²) in [5.74, 6) is 0.0609. The van der Waals surface area contributed by atoms with Gasteiger partial charge in [0.25, 0.3) is 5.91 Å². The van der Waals surface area contributed by atoms with Crippen molar-refractivity contribution >= 4 is 27.6 Å². The summed E-state index contributed by atoms with van der Waals surface area (Å²) in [5.41, 5.74) is 5.81. The van der Waals surface area contributed by atoms with E-state index in [-0.39, 0.29) is 23.8 Å². The van der Waals surface area contributed by atoms with E-state index in [0.29, 0.717) is 17.3 Å². The molecule has 13 heteroatoms. The smallest absolute Gasteiger partial charge is 0.344 e. The first-order chi connectivity index (χ1) is 15.1. The van der Waals surface area contributed by atoms with Gasteiger partial charge in [0.05, 0.1) is 16.8 Å². The van der Waals surface area contributed by atoms with Crippen molar-refractivity contribution in [2.24, 2.45) is 10.1 Å². The lowest BCUT2D eigenvalue weighted by Gasteiger charge is -2.27. The zero-order valence-corrected chi connectivity index (χ0v) is 18.0. The number of benzene rings is 1. The van der Waals surface area contributed by atoms with Crippen molar-refractivity contribution in [3.05, 3.63) is 60.4 Å². The highest BCUT2D eigenvalue weighted by molar-refractivity contribution is 7.91. The number of amidine groups is 1. The number of carbonyl (C=O) groups is 1. The van der Waals surface area contributed by atoms with Crippen LogP contribution in [0.3, 0.4) is 0 Å². The summed E-state index contributed by atoms with van der Waals surface area (Å²) in [7, 11) is -3.89. The number of nitrogens with one attached hydrogen (secondary N) is 2. The molecule has 12 nitrogen and oxygen atoms in total. The number of carbonyl (C=O) groups excluding carboxylic acids is 1. The first-order valence-corrected chi connectivity index (χ1v) is 10.9. The maximum atomic E-state index is 12.8. The fourth-order valence-electron chi connectivity index (χ4n) is 2.98. The number of rotatable bonds is 6. The summed E-state index contributed by atoms with van der Waals surface area (Å²) in [6.07, 6.45) is 6.27. The normalized spacial score (nSPS) is 14.6. The van der Waals surface area contributed by atoms with E-state index in [1.54, 1.807) is 49.0 Å². The van der Waals surface area contributed by atoms with E-state index in [0.717, 1.165) is 0 Å². The van der Waals surface area contributed by atoms with Gasteiger partial charge in [-0.05, 0) is 32.0 Å². The highest BCUT2D eigenvalue weighted by Gasteiger charge is 2.27. The first kappa shape index (κ1) is 21.2. The fraction of sp³-hybridized carbons (Fsp3) is 0.211. The number of anilines is 1. The van der Waals surface area contributed by atoms with E-state index in [9.17, 15) is 13.2 Å². The summed E-state index contributed by atoms with van der Waals surface area (Å²) >= 11 is 0. The summed E-state index contributed by atoms with van der Waals surface area (Å²) in [5, 5.41) is 2.87. The van der Waals surface area contributed by atoms with Gasteiger partial charge >= 0.3 is 10.2 Å². The molecule has 0 saturated carbocycles. The van der Waals surface area contributed by atoms with Crippen LogP contribution < -0.4 is 20.5 Å². The topological polar surface area (TPSA) is 166 Å². The van der Waals surface area contributed by atoms with Crippen molar-refractivity contribution in [2.75, 3.05) is 11.3 Å². The second kappa shape index (κ2) is 7.92. The molecule has 1 aromatic carbocycles. The molecule has 0 radical (unpaired) electrons.